The predicted molar refractivity (Wildman–Crippen MR) is 46.0 cm³/mol. The number of hydrogen-bond acceptors (Lipinski definition) is 2. The van der Waals surface area contributed by atoms with E-state index < -0.39 is 0 Å². The van der Waals surface area contributed by atoms with Gasteiger partial charge >= 0.3 is 0 Å². The highest BCUT2D eigenvalue weighted by molar-refractivity contribution is 5.30. The SMILES string of the molecule is NCC1=C2CCC(C2)C1CN. The Morgan fingerprint density at radius 2 is 2.18 bits per heavy atom. The van der Waals surface area contributed by atoms with E-state index in [0.29, 0.717) is 5.92 Å². The molecule has 2 aliphatic rings. The average molecular weight is 152 g/mol. The second-order valence-corrected chi connectivity index (χ2v) is 3.68. The molecular formula is C9H16N2. The minimum atomic E-state index is 0.642. The van der Waals surface area contributed by atoms with Crippen LogP contribution in [0.3, 0.4) is 0 Å². The van der Waals surface area contributed by atoms with Gasteiger partial charge in [0.25, 0.3) is 0 Å². The molecule has 0 spiro atoms. The molecule has 0 saturated heterocycles. The smallest absolute Gasteiger partial charge is 0.0142 e. The molecule has 2 rings (SSSR count). The van der Waals surface area contributed by atoms with Gasteiger partial charge in [-0.15, -0.1) is 0 Å². The van der Waals surface area contributed by atoms with Crippen LogP contribution in [0.5, 0.6) is 0 Å². The van der Waals surface area contributed by atoms with Gasteiger partial charge in [0.2, 0.25) is 0 Å². The lowest BCUT2D eigenvalue weighted by atomic mass is 9.86. The minimum Gasteiger partial charge on any atom is -0.330 e. The van der Waals surface area contributed by atoms with Crippen molar-refractivity contribution in [2.45, 2.75) is 19.3 Å². The second kappa shape index (κ2) is 2.61. The van der Waals surface area contributed by atoms with Crippen LogP contribution in [0.25, 0.3) is 0 Å². The summed E-state index contributed by atoms with van der Waals surface area (Å²) in [5.74, 6) is 1.50. The van der Waals surface area contributed by atoms with Crippen LogP contribution in [-0.2, 0) is 0 Å². The molecular weight excluding hydrogens is 136 g/mol. The summed E-state index contributed by atoms with van der Waals surface area (Å²) in [6.45, 7) is 1.55. The first-order valence-electron chi connectivity index (χ1n) is 4.47. The van der Waals surface area contributed by atoms with Crippen molar-refractivity contribution in [2.24, 2.45) is 23.3 Å². The fraction of sp³-hybridized carbons (Fsp3) is 0.778. The second-order valence-electron chi connectivity index (χ2n) is 3.68. The molecule has 2 aliphatic carbocycles. The molecule has 0 aromatic carbocycles. The van der Waals surface area contributed by atoms with Crippen molar-refractivity contribution >= 4 is 0 Å². The lowest BCUT2D eigenvalue weighted by Crippen LogP contribution is -2.25. The zero-order valence-corrected chi connectivity index (χ0v) is 6.84. The van der Waals surface area contributed by atoms with E-state index >= 15 is 0 Å². The van der Waals surface area contributed by atoms with Gasteiger partial charge in [-0.1, -0.05) is 11.1 Å². The average Bonchev–Trinajstić information content (AvgIpc) is 2.60. The Hall–Kier alpha value is -0.340. The summed E-state index contributed by atoms with van der Waals surface area (Å²) in [5, 5.41) is 0. The summed E-state index contributed by atoms with van der Waals surface area (Å²) >= 11 is 0. The Bertz CT molecular complexity index is 196. The van der Waals surface area contributed by atoms with Gasteiger partial charge in [-0.05, 0) is 37.6 Å². The van der Waals surface area contributed by atoms with Gasteiger partial charge in [0.15, 0.2) is 0 Å². The third kappa shape index (κ3) is 0.932. The fourth-order valence-electron chi connectivity index (χ4n) is 2.69. The molecule has 4 N–H and O–H groups in total. The van der Waals surface area contributed by atoms with Gasteiger partial charge in [-0.3, -0.25) is 0 Å². The maximum absolute atomic E-state index is 5.70. The first-order valence-corrected chi connectivity index (χ1v) is 4.47. The molecule has 2 bridgehead atoms. The summed E-state index contributed by atoms with van der Waals surface area (Å²) in [6.07, 6.45) is 3.96. The van der Waals surface area contributed by atoms with Crippen molar-refractivity contribution in [3.8, 4) is 0 Å². The largest absolute Gasteiger partial charge is 0.330 e. The molecule has 11 heavy (non-hydrogen) atoms. The van der Waals surface area contributed by atoms with Crippen molar-refractivity contribution in [2.75, 3.05) is 13.1 Å². The van der Waals surface area contributed by atoms with Crippen molar-refractivity contribution in [3.63, 3.8) is 0 Å². The first-order chi connectivity index (χ1) is 5.36. The van der Waals surface area contributed by atoms with Crippen LogP contribution in [0.15, 0.2) is 11.1 Å². The van der Waals surface area contributed by atoms with Gasteiger partial charge < -0.3 is 11.5 Å². The molecule has 1 saturated carbocycles. The van der Waals surface area contributed by atoms with Crippen molar-refractivity contribution in [3.05, 3.63) is 11.1 Å². The van der Waals surface area contributed by atoms with Crippen LogP contribution in [-0.4, -0.2) is 13.1 Å². The van der Waals surface area contributed by atoms with Gasteiger partial charge in [0, 0.05) is 6.54 Å². The van der Waals surface area contributed by atoms with Crippen LogP contribution >= 0.6 is 0 Å². The Morgan fingerprint density at radius 3 is 2.73 bits per heavy atom. The first kappa shape index (κ1) is 7.32. The van der Waals surface area contributed by atoms with E-state index in [1.807, 2.05) is 0 Å². The van der Waals surface area contributed by atoms with Gasteiger partial charge in [-0.25, -0.2) is 0 Å². The number of rotatable bonds is 2. The van der Waals surface area contributed by atoms with Crippen molar-refractivity contribution in [1.82, 2.24) is 0 Å². The fourth-order valence-corrected chi connectivity index (χ4v) is 2.69. The molecule has 0 aliphatic heterocycles. The van der Waals surface area contributed by atoms with E-state index in [1.165, 1.54) is 24.8 Å². The highest BCUT2D eigenvalue weighted by Crippen LogP contribution is 2.47. The monoisotopic (exact) mass is 152 g/mol. The third-order valence-electron chi connectivity index (χ3n) is 3.27. The van der Waals surface area contributed by atoms with Gasteiger partial charge in [0.1, 0.15) is 0 Å². The van der Waals surface area contributed by atoms with Crippen molar-refractivity contribution < 1.29 is 0 Å². The minimum absolute atomic E-state index is 0.642. The maximum Gasteiger partial charge on any atom is 0.0142 e. The standard InChI is InChI=1S/C9H16N2/c10-4-8-6-1-2-7(3-6)9(8)5-11/h6,8H,1-5,10-11H2. The van der Waals surface area contributed by atoms with Crippen LogP contribution < -0.4 is 11.5 Å². The van der Waals surface area contributed by atoms with Crippen LogP contribution in [0.4, 0.5) is 0 Å². The predicted octanol–water partition coefficient (Wildman–Crippen LogP) is 0.630. The molecule has 1 fully saturated rings. The van der Waals surface area contributed by atoms with Crippen LogP contribution in [0.1, 0.15) is 19.3 Å². The summed E-state index contributed by atoms with van der Waals surface area (Å²) < 4.78 is 0. The third-order valence-corrected chi connectivity index (χ3v) is 3.27. The summed E-state index contributed by atoms with van der Waals surface area (Å²) in [7, 11) is 0. The Morgan fingerprint density at radius 1 is 1.36 bits per heavy atom. The molecule has 2 atom stereocenters. The van der Waals surface area contributed by atoms with E-state index in [4.69, 9.17) is 11.5 Å². The lowest BCUT2D eigenvalue weighted by Gasteiger charge is -2.21. The normalized spacial score (nSPS) is 35.5. The molecule has 0 aromatic heterocycles. The summed E-state index contributed by atoms with van der Waals surface area (Å²) in [4.78, 5) is 0. The molecule has 0 amide bonds. The highest BCUT2D eigenvalue weighted by Gasteiger charge is 2.37. The lowest BCUT2D eigenvalue weighted by molar-refractivity contribution is 0.409. The summed E-state index contributed by atoms with van der Waals surface area (Å²) in [5.41, 5.74) is 14.5. The molecule has 62 valence electrons. The zero-order valence-electron chi connectivity index (χ0n) is 6.84. The van der Waals surface area contributed by atoms with Crippen molar-refractivity contribution in [1.29, 1.82) is 0 Å². The molecule has 0 heterocycles. The zero-order chi connectivity index (χ0) is 7.84. The molecule has 2 nitrogen and oxygen atoms in total. The van der Waals surface area contributed by atoms with Gasteiger partial charge in [-0.2, -0.15) is 0 Å². The van der Waals surface area contributed by atoms with E-state index in [9.17, 15) is 0 Å². The number of nitrogens with two attached hydrogens (primary N) is 2. The summed E-state index contributed by atoms with van der Waals surface area (Å²) in [6, 6.07) is 0. The Kier molecular flexibility index (Phi) is 1.74. The molecule has 2 unspecified atom stereocenters. The maximum atomic E-state index is 5.70. The van der Waals surface area contributed by atoms with E-state index in [-0.39, 0.29) is 0 Å². The number of fused-ring (bicyclic) bond motifs is 2. The van der Waals surface area contributed by atoms with Gasteiger partial charge in [0.05, 0.1) is 0 Å². The number of allylic oxidation sites excluding steroid dienone is 1. The number of hydrogen-bond donors (Lipinski definition) is 2. The topological polar surface area (TPSA) is 52.0 Å². The van der Waals surface area contributed by atoms with Crippen LogP contribution in [0.2, 0.25) is 0 Å². The van der Waals surface area contributed by atoms with E-state index in [2.05, 4.69) is 0 Å². The van der Waals surface area contributed by atoms with E-state index in [1.54, 1.807) is 5.57 Å². The van der Waals surface area contributed by atoms with E-state index in [0.717, 1.165) is 19.0 Å². The molecule has 0 aromatic rings. The Balaban J connectivity index is 2.24. The molecule has 2 heteroatoms. The van der Waals surface area contributed by atoms with Crippen LogP contribution in [0, 0.1) is 11.8 Å². The molecule has 0 radical (unpaired) electrons. The highest BCUT2D eigenvalue weighted by atomic mass is 14.6. The quantitative estimate of drug-likeness (QED) is 0.570. The Labute approximate surface area is 67.6 Å².